The number of hydrogen-bond donors (Lipinski definition) is 1. The highest BCUT2D eigenvalue weighted by atomic mass is 79.9. The van der Waals surface area contributed by atoms with Crippen LogP contribution in [0.3, 0.4) is 0 Å². The van der Waals surface area contributed by atoms with Crippen molar-refractivity contribution in [3.05, 3.63) is 44.9 Å². The lowest BCUT2D eigenvalue weighted by molar-refractivity contribution is 0.603. The van der Waals surface area contributed by atoms with Crippen LogP contribution in [0.4, 0.5) is 4.39 Å². The van der Waals surface area contributed by atoms with E-state index in [1.165, 1.54) is 4.68 Å². The smallest absolute Gasteiger partial charge is 0.163 e. The summed E-state index contributed by atoms with van der Waals surface area (Å²) in [5.41, 5.74) is 6.84. The minimum Gasteiger partial charge on any atom is -0.389 e. The van der Waals surface area contributed by atoms with Crippen LogP contribution >= 0.6 is 39.7 Å². The molecule has 0 fully saturated rings. The van der Waals surface area contributed by atoms with Crippen molar-refractivity contribution in [1.82, 2.24) is 9.78 Å². The first-order valence-electron chi connectivity index (χ1n) is 4.91. The molecule has 0 amide bonds. The summed E-state index contributed by atoms with van der Waals surface area (Å²) in [6, 6.07) is 3.19. The van der Waals surface area contributed by atoms with Gasteiger partial charge >= 0.3 is 0 Å². The molecule has 0 unspecified atom stereocenters. The fourth-order valence-electron chi connectivity index (χ4n) is 1.47. The molecule has 2 rings (SSSR count). The van der Waals surface area contributed by atoms with E-state index in [2.05, 4.69) is 21.0 Å². The SMILES string of the molecule is Cc1nn(-c2ccc(C(N)=S)c(Br)c2F)cc1Cl. The quantitative estimate of drug-likeness (QED) is 0.846. The molecular weight excluding hydrogens is 341 g/mol. The van der Waals surface area contributed by atoms with Gasteiger partial charge in [-0.25, -0.2) is 9.07 Å². The summed E-state index contributed by atoms with van der Waals surface area (Å²) in [6.45, 7) is 1.75. The Morgan fingerprint density at radius 3 is 2.72 bits per heavy atom. The zero-order valence-corrected chi connectivity index (χ0v) is 12.4. The lowest BCUT2D eigenvalue weighted by Crippen LogP contribution is -2.12. The molecule has 0 aliphatic carbocycles. The van der Waals surface area contributed by atoms with Crippen LogP contribution in [-0.2, 0) is 0 Å². The molecule has 0 radical (unpaired) electrons. The van der Waals surface area contributed by atoms with Gasteiger partial charge in [0.25, 0.3) is 0 Å². The Labute approximate surface area is 122 Å². The first kappa shape index (κ1) is 13.5. The normalized spacial score (nSPS) is 10.7. The molecule has 0 aliphatic heterocycles. The number of aromatic nitrogens is 2. The molecule has 18 heavy (non-hydrogen) atoms. The van der Waals surface area contributed by atoms with E-state index in [0.717, 1.165) is 0 Å². The van der Waals surface area contributed by atoms with Gasteiger partial charge in [-0.15, -0.1) is 0 Å². The molecule has 2 N–H and O–H groups in total. The monoisotopic (exact) mass is 347 g/mol. The minimum atomic E-state index is -0.487. The molecule has 7 heteroatoms. The maximum Gasteiger partial charge on any atom is 0.163 e. The van der Waals surface area contributed by atoms with Crippen LogP contribution in [0.25, 0.3) is 5.69 Å². The number of hydrogen-bond acceptors (Lipinski definition) is 2. The van der Waals surface area contributed by atoms with Crippen molar-refractivity contribution in [3.63, 3.8) is 0 Å². The maximum absolute atomic E-state index is 14.2. The number of thiocarbonyl (C=S) groups is 1. The van der Waals surface area contributed by atoms with Gasteiger partial charge in [0.1, 0.15) is 10.7 Å². The molecule has 0 spiro atoms. The maximum atomic E-state index is 14.2. The van der Waals surface area contributed by atoms with Crippen molar-refractivity contribution >= 4 is 44.7 Å². The van der Waals surface area contributed by atoms with Crippen LogP contribution in [0.5, 0.6) is 0 Å². The average Bonchev–Trinajstić information content (AvgIpc) is 2.62. The fraction of sp³-hybridized carbons (Fsp3) is 0.0909. The van der Waals surface area contributed by atoms with E-state index in [-0.39, 0.29) is 15.1 Å². The Morgan fingerprint density at radius 1 is 1.56 bits per heavy atom. The lowest BCUT2D eigenvalue weighted by atomic mass is 10.2. The molecule has 0 atom stereocenters. The predicted molar refractivity (Wildman–Crippen MR) is 76.9 cm³/mol. The second-order valence-corrected chi connectivity index (χ2v) is 5.27. The van der Waals surface area contributed by atoms with Crippen LogP contribution in [0.15, 0.2) is 22.8 Å². The highest BCUT2D eigenvalue weighted by molar-refractivity contribution is 9.10. The number of halogens is 3. The summed E-state index contributed by atoms with van der Waals surface area (Å²) in [6.07, 6.45) is 1.54. The van der Waals surface area contributed by atoms with Gasteiger partial charge in [0.15, 0.2) is 5.82 Å². The Hall–Kier alpha value is -0.980. The zero-order chi connectivity index (χ0) is 13.4. The molecule has 0 aliphatic rings. The predicted octanol–water partition coefficient (Wildman–Crippen LogP) is 3.37. The highest BCUT2D eigenvalue weighted by Crippen LogP contribution is 2.27. The number of nitrogens with two attached hydrogens (primary N) is 1. The summed E-state index contributed by atoms with van der Waals surface area (Å²) in [4.78, 5) is 0.127. The molecule has 3 nitrogen and oxygen atoms in total. The highest BCUT2D eigenvalue weighted by Gasteiger charge is 2.15. The Morgan fingerprint density at radius 2 is 2.22 bits per heavy atom. The van der Waals surface area contributed by atoms with Gasteiger partial charge in [-0.05, 0) is 35.0 Å². The fourth-order valence-corrected chi connectivity index (χ4v) is 2.45. The van der Waals surface area contributed by atoms with Gasteiger partial charge < -0.3 is 5.73 Å². The minimum absolute atomic E-state index is 0.127. The summed E-state index contributed by atoms with van der Waals surface area (Å²) in [7, 11) is 0. The lowest BCUT2D eigenvalue weighted by Gasteiger charge is -2.08. The van der Waals surface area contributed by atoms with E-state index in [4.69, 9.17) is 29.6 Å². The zero-order valence-electron chi connectivity index (χ0n) is 9.25. The summed E-state index contributed by atoms with van der Waals surface area (Å²) < 4.78 is 15.8. The van der Waals surface area contributed by atoms with Crippen molar-refractivity contribution in [3.8, 4) is 5.69 Å². The van der Waals surface area contributed by atoms with Crippen LogP contribution in [0.2, 0.25) is 5.02 Å². The molecule has 94 valence electrons. The van der Waals surface area contributed by atoms with Crippen molar-refractivity contribution in [1.29, 1.82) is 0 Å². The van der Waals surface area contributed by atoms with Gasteiger partial charge in [0.2, 0.25) is 0 Å². The second-order valence-electron chi connectivity index (χ2n) is 3.63. The van der Waals surface area contributed by atoms with Gasteiger partial charge in [-0.3, -0.25) is 0 Å². The van der Waals surface area contributed by atoms with Crippen LogP contribution in [0, 0.1) is 12.7 Å². The van der Waals surface area contributed by atoms with E-state index >= 15 is 0 Å². The standard InChI is InChI=1S/C11H8BrClFN3S/c1-5-7(13)4-17(16-5)8-3-2-6(11(15)18)9(12)10(8)14/h2-4H,1H3,(H2,15,18). The third-order valence-electron chi connectivity index (χ3n) is 2.41. The number of rotatable bonds is 2. The van der Waals surface area contributed by atoms with Crippen molar-refractivity contribution in [2.24, 2.45) is 5.73 Å². The number of aryl methyl sites for hydroxylation is 1. The number of benzene rings is 1. The van der Waals surface area contributed by atoms with Crippen LogP contribution in [0.1, 0.15) is 11.3 Å². The first-order valence-corrected chi connectivity index (χ1v) is 6.49. The first-order chi connectivity index (χ1) is 8.41. The molecule has 1 heterocycles. The third kappa shape index (κ3) is 2.28. The molecule has 0 bridgehead atoms. The summed E-state index contributed by atoms with van der Waals surface area (Å²) in [5.74, 6) is -0.487. The van der Waals surface area contributed by atoms with E-state index in [9.17, 15) is 4.39 Å². The van der Waals surface area contributed by atoms with Gasteiger partial charge in [0, 0.05) is 11.8 Å². The van der Waals surface area contributed by atoms with Crippen LogP contribution in [-0.4, -0.2) is 14.8 Å². The van der Waals surface area contributed by atoms with Gasteiger partial charge in [-0.1, -0.05) is 23.8 Å². The Balaban J connectivity index is 2.60. The van der Waals surface area contributed by atoms with E-state index in [0.29, 0.717) is 16.3 Å². The van der Waals surface area contributed by atoms with Gasteiger partial charge in [0.05, 0.1) is 15.2 Å². The third-order valence-corrected chi connectivity index (χ3v) is 3.78. The molecule has 0 saturated carbocycles. The van der Waals surface area contributed by atoms with Gasteiger partial charge in [-0.2, -0.15) is 5.10 Å². The second kappa shape index (κ2) is 4.95. The van der Waals surface area contributed by atoms with E-state index < -0.39 is 5.82 Å². The molecule has 1 aromatic carbocycles. The molecular formula is C11H8BrClFN3S. The average molecular weight is 349 g/mol. The Bertz CT molecular complexity index is 622. The summed E-state index contributed by atoms with van der Waals surface area (Å²) >= 11 is 13.9. The molecule has 2 aromatic rings. The molecule has 0 saturated heterocycles. The van der Waals surface area contributed by atoms with Crippen molar-refractivity contribution < 1.29 is 4.39 Å². The Kier molecular flexibility index (Phi) is 3.70. The van der Waals surface area contributed by atoms with Crippen molar-refractivity contribution in [2.75, 3.05) is 0 Å². The largest absolute Gasteiger partial charge is 0.389 e. The summed E-state index contributed by atoms with van der Waals surface area (Å²) in [5, 5.41) is 4.59. The number of nitrogens with zero attached hydrogens (tertiary/aromatic N) is 2. The van der Waals surface area contributed by atoms with E-state index in [1.54, 1.807) is 25.3 Å². The van der Waals surface area contributed by atoms with E-state index in [1.807, 2.05) is 0 Å². The molecule has 1 aromatic heterocycles. The van der Waals surface area contributed by atoms with Crippen molar-refractivity contribution in [2.45, 2.75) is 6.92 Å². The topological polar surface area (TPSA) is 43.8 Å². The van der Waals surface area contributed by atoms with Crippen LogP contribution < -0.4 is 5.73 Å².